The van der Waals surface area contributed by atoms with Crippen molar-refractivity contribution in [3.63, 3.8) is 0 Å². The Morgan fingerprint density at radius 2 is 1.88 bits per heavy atom. The van der Waals surface area contributed by atoms with Crippen molar-refractivity contribution in [2.75, 3.05) is 0 Å². The number of carbonyl (C=O) groups is 1. The zero-order valence-electron chi connectivity index (χ0n) is 12.7. The van der Waals surface area contributed by atoms with Gasteiger partial charge in [-0.25, -0.2) is 4.79 Å². The Kier molecular flexibility index (Phi) is 3.59. The normalized spacial score (nSPS) is 18.7. The van der Waals surface area contributed by atoms with Crippen LogP contribution in [0.2, 0.25) is 0 Å². The smallest absolute Gasteiger partial charge is 0.344 e. The van der Waals surface area contributed by atoms with Gasteiger partial charge in [0.2, 0.25) is 0 Å². The molecule has 1 unspecified atom stereocenters. The van der Waals surface area contributed by atoms with E-state index >= 15 is 0 Å². The number of esters is 1. The van der Waals surface area contributed by atoms with Crippen LogP contribution in [0.15, 0.2) is 70.1 Å². The lowest BCUT2D eigenvalue weighted by atomic mass is 9.80. The van der Waals surface area contributed by atoms with E-state index in [1.807, 2.05) is 12.1 Å². The van der Waals surface area contributed by atoms with E-state index < -0.39 is 17.8 Å². The van der Waals surface area contributed by atoms with Crippen LogP contribution in [0.5, 0.6) is 5.75 Å². The van der Waals surface area contributed by atoms with Gasteiger partial charge < -0.3 is 14.6 Å². The Labute approximate surface area is 151 Å². The Morgan fingerprint density at radius 3 is 2.60 bits per heavy atom. The van der Waals surface area contributed by atoms with Crippen LogP contribution in [0, 0.1) is 11.3 Å². The zero-order valence-corrected chi connectivity index (χ0v) is 14.3. The lowest BCUT2D eigenvalue weighted by Gasteiger charge is -2.31. The van der Waals surface area contributed by atoms with Crippen LogP contribution in [0.1, 0.15) is 17.0 Å². The third-order valence-electron chi connectivity index (χ3n) is 4.11. The molecule has 2 aromatic carbocycles. The predicted octanol–water partition coefficient (Wildman–Crippen LogP) is 4.19. The first kappa shape index (κ1) is 15.5. The Morgan fingerprint density at radius 1 is 1.12 bits per heavy atom. The highest BCUT2D eigenvalue weighted by Crippen LogP contribution is 2.49. The molecule has 0 aliphatic carbocycles. The molecule has 2 aromatic rings. The maximum absolute atomic E-state index is 12.6. The third kappa shape index (κ3) is 2.41. The number of rotatable bonds is 1. The minimum Gasteiger partial charge on any atom is -0.480 e. The van der Waals surface area contributed by atoms with Crippen molar-refractivity contribution < 1.29 is 19.4 Å². The molecular formula is C19H10BrNO4. The lowest BCUT2D eigenvalue weighted by Crippen LogP contribution is -2.29. The van der Waals surface area contributed by atoms with E-state index in [1.54, 1.807) is 42.5 Å². The van der Waals surface area contributed by atoms with Crippen molar-refractivity contribution in [3.05, 3.63) is 81.2 Å². The summed E-state index contributed by atoms with van der Waals surface area (Å²) in [4.78, 5) is 12.6. The largest absolute Gasteiger partial charge is 0.480 e. The van der Waals surface area contributed by atoms with Gasteiger partial charge in [-0.15, -0.1) is 0 Å². The van der Waals surface area contributed by atoms with Gasteiger partial charge in [0.05, 0.1) is 11.5 Å². The summed E-state index contributed by atoms with van der Waals surface area (Å²) in [5, 5.41) is 19.8. The number of nitrogens with zero attached hydrogens (tertiary/aromatic N) is 1. The molecule has 5 nitrogen and oxygen atoms in total. The summed E-state index contributed by atoms with van der Waals surface area (Å²) in [7, 11) is 0. The van der Waals surface area contributed by atoms with Crippen LogP contribution in [-0.4, -0.2) is 11.1 Å². The fourth-order valence-electron chi connectivity index (χ4n) is 3.04. The van der Waals surface area contributed by atoms with Gasteiger partial charge in [-0.05, 0) is 18.2 Å². The van der Waals surface area contributed by atoms with Crippen molar-refractivity contribution in [1.82, 2.24) is 0 Å². The molecule has 0 fully saturated rings. The highest BCUT2D eigenvalue weighted by molar-refractivity contribution is 9.10. The van der Waals surface area contributed by atoms with Gasteiger partial charge in [0, 0.05) is 15.6 Å². The minimum atomic E-state index is -0.747. The standard InChI is InChI=1S/C19H10BrNO4/c20-11-6-7-14-12(8-11)15-13(9-21)18(22)25-17(16(15)19(23)24-14)10-4-2-1-3-5-10/h1-8,15,22H. The summed E-state index contributed by atoms with van der Waals surface area (Å²) in [6.45, 7) is 0. The number of carbonyl (C=O) groups excluding carboxylic acids is 1. The van der Waals surface area contributed by atoms with Crippen LogP contribution in [0.25, 0.3) is 5.76 Å². The number of ether oxygens (including phenoxy) is 2. The van der Waals surface area contributed by atoms with E-state index in [0.29, 0.717) is 16.9 Å². The maximum atomic E-state index is 12.6. The Balaban J connectivity index is 2.02. The zero-order chi connectivity index (χ0) is 17.6. The second-order valence-electron chi connectivity index (χ2n) is 5.55. The number of nitriles is 1. The third-order valence-corrected chi connectivity index (χ3v) is 4.61. The molecule has 0 radical (unpaired) electrons. The second kappa shape index (κ2) is 5.80. The molecule has 2 aliphatic rings. The van der Waals surface area contributed by atoms with Crippen LogP contribution in [0.4, 0.5) is 0 Å². The van der Waals surface area contributed by atoms with Crippen LogP contribution in [-0.2, 0) is 9.53 Å². The molecule has 1 N–H and O–H groups in total. The average molecular weight is 396 g/mol. The predicted molar refractivity (Wildman–Crippen MR) is 92.2 cm³/mol. The van der Waals surface area contributed by atoms with Crippen molar-refractivity contribution in [2.24, 2.45) is 0 Å². The molecule has 2 heterocycles. The van der Waals surface area contributed by atoms with Gasteiger partial charge in [-0.2, -0.15) is 5.26 Å². The molecule has 0 spiro atoms. The molecule has 0 bridgehead atoms. The van der Waals surface area contributed by atoms with E-state index in [-0.39, 0.29) is 16.9 Å². The summed E-state index contributed by atoms with van der Waals surface area (Å²) in [5.74, 6) is -1.30. The monoisotopic (exact) mass is 395 g/mol. The number of fused-ring (bicyclic) bond motifs is 3. The molecule has 0 amide bonds. The number of hydrogen-bond acceptors (Lipinski definition) is 5. The SMILES string of the molecule is N#CC1=C(O)OC(c2ccccc2)=C2C(=O)Oc3ccc(Br)cc3C12. The number of allylic oxidation sites excluding steroid dienone is 1. The van der Waals surface area contributed by atoms with Gasteiger partial charge in [0.25, 0.3) is 5.95 Å². The van der Waals surface area contributed by atoms with E-state index in [9.17, 15) is 15.2 Å². The number of aliphatic hydroxyl groups excluding tert-OH is 1. The van der Waals surface area contributed by atoms with Crippen LogP contribution < -0.4 is 4.74 Å². The summed E-state index contributed by atoms with van der Waals surface area (Å²) >= 11 is 3.39. The van der Waals surface area contributed by atoms with Crippen molar-refractivity contribution in [3.8, 4) is 11.8 Å². The van der Waals surface area contributed by atoms with Crippen molar-refractivity contribution in [1.29, 1.82) is 5.26 Å². The first-order valence-electron chi connectivity index (χ1n) is 7.42. The molecule has 2 aliphatic heterocycles. The first-order chi connectivity index (χ1) is 12.1. The Hall–Kier alpha value is -3.04. The van der Waals surface area contributed by atoms with E-state index in [0.717, 1.165) is 4.47 Å². The highest BCUT2D eigenvalue weighted by Gasteiger charge is 2.43. The van der Waals surface area contributed by atoms with E-state index in [1.165, 1.54) is 0 Å². The number of aliphatic hydroxyl groups is 1. The average Bonchev–Trinajstić information content (AvgIpc) is 2.62. The molecule has 0 saturated carbocycles. The topological polar surface area (TPSA) is 79.5 Å². The summed E-state index contributed by atoms with van der Waals surface area (Å²) in [6.07, 6.45) is 0. The van der Waals surface area contributed by atoms with Gasteiger partial charge in [-0.3, -0.25) is 0 Å². The van der Waals surface area contributed by atoms with Crippen molar-refractivity contribution in [2.45, 2.75) is 5.92 Å². The maximum Gasteiger partial charge on any atom is 0.344 e. The Bertz CT molecular complexity index is 1000. The molecule has 4 rings (SSSR count). The molecule has 122 valence electrons. The fraction of sp³-hybridized carbons (Fsp3) is 0.0526. The fourth-order valence-corrected chi connectivity index (χ4v) is 3.41. The summed E-state index contributed by atoms with van der Waals surface area (Å²) in [6, 6.07) is 16.0. The van der Waals surface area contributed by atoms with Gasteiger partial charge in [-0.1, -0.05) is 46.3 Å². The first-order valence-corrected chi connectivity index (χ1v) is 8.21. The van der Waals surface area contributed by atoms with Crippen LogP contribution >= 0.6 is 15.9 Å². The molecular weight excluding hydrogens is 386 g/mol. The molecule has 25 heavy (non-hydrogen) atoms. The molecule has 0 saturated heterocycles. The number of benzene rings is 2. The van der Waals surface area contributed by atoms with Crippen molar-refractivity contribution >= 4 is 27.7 Å². The lowest BCUT2D eigenvalue weighted by molar-refractivity contribution is -0.131. The van der Waals surface area contributed by atoms with Gasteiger partial charge in [0.1, 0.15) is 23.2 Å². The van der Waals surface area contributed by atoms with Gasteiger partial charge >= 0.3 is 5.97 Å². The molecule has 1 atom stereocenters. The van der Waals surface area contributed by atoms with E-state index in [4.69, 9.17) is 9.47 Å². The van der Waals surface area contributed by atoms with Gasteiger partial charge in [0.15, 0.2) is 0 Å². The van der Waals surface area contributed by atoms with Crippen LogP contribution in [0.3, 0.4) is 0 Å². The highest BCUT2D eigenvalue weighted by atomic mass is 79.9. The second-order valence-corrected chi connectivity index (χ2v) is 6.46. The summed E-state index contributed by atoms with van der Waals surface area (Å²) < 4.78 is 11.6. The quantitative estimate of drug-likeness (QED) is 0.578. The number of hydrogen-bond donors (Lipinski definition) is 1. The molecule has 0 aromatic heterocycles. The number of halogens is 1. The summed E-state index contributed by atoms with van der Waals surface area (Å²) in [5.41, 5.74) is 1.40. The van der Waals surface area contributed by atoms with E-state index in [2.05, 4.69) is 15.9 Å². The minimum absolute atomic E-state index is 0.0225. The molecule has 6 heteroatoms.